The van der Waals surface area contributed by atoms with Gasteiger partial charge in [0.1, 0.15) is 4.83 Å². The monoisotopic (exact) mass is 367 g/mol. The van der Waals surface area contributed by atoms with E-state index in [1.807, 2.05) is 19.9 Å². The summed E-state index contributed by atoms with van der Waals surface area (Å²) >= 11 is 3.09. The Hall–Kier alpha value is -1.18. The van der Waals surface area contributed by atoms with Gasteiger partial charge in [-0.05, 0) is 38.7 Å². The molecule has 7 heteroatoms. The van der Waals surface area contributed by atoms with E-state index in [0.29, 0.717) is 4.88 Å². The summed E-state index contributed by atoms with van der Waals surface area (Å²) in [6, 6.07) is 1.63. The summed E-state index contributed by atoms with van der Waals surface area (Å²) in [5, 5.41) is 14.3. The molecule has 0 aromatic carbocycles. The second-order valence-corrected chi connectivity index (χ2v) is 9.36. The number of hydrogen-bond donors (Lipinski definition) is 2. The lowest BCUT2D eigenvalue weighted by molar-refractivity contribution is 0.0196. The van der Waals surface area contributed by atoms with Crippen LogP contribution >= 0.6 is 22.7 Å². The van der Waals surface area contributed by atoms with Gasteiger partial charge in [0, 0.05) is 13.1 Å². The Kier molecular flexibility index (Phi) is 4.86. The van der Waals surface area contributed by atoms with E-state index in [1.165, 1.54) is 24.2 Å². The number of nitrogens with one attached hydrogen (secondary N) is 1. The van der Waals surface area contributed by atoms with Crippen LogP contribution < -0.4 is 10.2 Å². The van der Waals surface area contributed by atoms with Gasteiger partial charge in [-0.15, -0.1) is 11.3 Å². The zero-order chi connectivity index (χ0) is 17.5. The minimum Gasteiger partial charge on any atom is -0.388 e. The fourth-order valence-corrected chi connectivity index (χ4v) is 5.42. The van der Waals surface area contributed by atoms with Crippen molar-refractivity contribution in [1.82, 2.24) is 10.3 Å². The molecule has 1 amide bonds. The van der Waals surface area contributed by atoms with Crippen molar-refractivity contribution in [1.29, 1.82) is 0 Å². The van der Waals surface area contributed by atoms with Gasteiger partial charge in [0.05, 0.1) is 21.2 Å². The maximum absolute atomic E-state index is 12.6. The fourth-order valence-electron chi connectivity index (χ4n) is 3.25. The minimum atomic E-state index is -0.959. The number of hydrogen-bond acceptors (Lipinski definition) is 6. The quantitative estimate of drug-likeness (QED) is 0.849. The zero-order valence-corrected chi connectivity index (χ0v) is 16.3. The third-order valence-corrected chi connectivity index (χ3v) is 6.61. The van der Waals surface area contributed by atoms with Crippen LogP contribution in [-0.4, -0.2) is 40.7 Å². The van der Waals surface area contributed by atoms with Gasteiger partial charge >= 0.3 is 0 Å². The first kappa shape index (κ1) is 17.6. The van der Waals surface area contributed by atoms with Crippen molar-refractivity contribution in [3.8, 4) is 0 Å². The molecule has 0 bridgehead atoms. The number of carbonyl (C=O) groups is 1. The van der Waals surface area contributed by atoms with E-state index in [9.17, 15) is 9.90 Å². The number of nitrogens with zero attached hydrogens (tertiary/aromatic N) is 2. The third-order valence-electron chi connectivity index (χ3n) is 4.39. The number of rotatable bonds is 5. The molecule has 0 aliphatic carbocycles. The van der Waals surface area contributed by atoms with E-state index in [2.05, 4.69) is 10.2 Å². The van der Waals surface area contributed by atoms with Gasteiger partial charge in [0.2, 0.25) is 0 Å². The Morgan fingerprint density at radius 3 is 2.54 bits per heavy atom. The molecular weight excluding hydrogens is 342 g/mol. The molecular formula is C17H25N3O2S2. The van der Waals surface area contributed by atoms with E-state index in [4.69, 9.17) is 4.98 Å². The average Bonchev–Trinajstić information content (AvgIpc) is 3.16. The second kappa shape index (κ2) is 6.61. The maximum Gasteiger partial charge on any atom is 0.261 e. The molecule has 1 fully saturated rings. The molecule has 132 valence electrons. The molecule has 2 aromatic rings. The number of thiophene rings is 1. The summed E-state index contributed by atoms with van der Waals surface area (Å²) < 4.78 is 1.07. The lowest BCUT2D eigenvalue weighted by atomic mass is 9.89. The van der Waals surface area contributed by atoms with Gasteiger partial charge in [0.15, 0.2) is 5.13 Å². The SMILES string of the molecule is CC(C)[C@H](NC(=O)c1cc2sc(N3CCCC3)nc2s1)C(C)(C)O. The number of aromatic nitrogens is 1. The molecule has 0 unspecified atom stereocenters. The maximum atomic E-state index is 12.6. The summed E-state index contributed by atoms with van der Waals surface area (Å²) in [5.41, 5.74) is -0.959. The van der Waals surface area contributed by atoms with Crippen LogP contribution in [0, 0.1) is 5.92 Å². The first-order valence-corrected chi connectivity index (χ1v) is 10.1. The van der Waals surface area contributed by atoms with Gasteiger partial charge in [-0.25, -0.2) is 4.98 Å². The molecule has 1 aliphatic heterocycles. The first-order valence-electron chi connectivity index (χ1n) is 8.44. The summed E-state index contributed by atoms with van der Waals surface area (Å²) in [6.45, 7) is 9.62. The van der Waals surface area contributed by atoms with Crippen LogP contribution in [0.25, 0.3) is 9.53 Å². The number of anilines is 1. The first-order chi connectivity index (χ1) is 11.3. The van der Waals surface area contributed by atoms with E-state index < -0.39 is 5.60 Å². The molecule has 3 heterocycles. The highest BCUT2D eigenvalue weighted by Crippen LogP contribution is 2.36. The topological polar surface area (TPSA) is 65.5 Å². The summed E-state index contributed by atoms with van der Waals surface area (Å²) in [6.07, 6.45) is 2.46. The second-order valence-electron chi connectivity index (χ2n) is 7.32. The Balaban J connectivity index is 1.76. The molecule has 24 heavy (non-hydrogen) atoms. The van der Waals surface area contributed by atoms with Crippen LogP contribution in [0.2, 0.25) is 0 Å². The molecule has 1 atom stereocenters. The van der Waals surface area contributed by atoms with E-state index in [1.54, 1.807) is 25.2 Å². The number of fused-ring (bicyclic) bond motifs is 1. The standard InChI is InChI=1S/C17H25N3O2S2/c1-10(2)13(17(3,4)22)18-14(21)11-9-12-15(23-11)19-16(24-12)20-7-5-6-8-20/h9-10,13,22H,5-8H2,1-4H3,(H,18,21)/t13-/m0/s1. The van der Waals surface area contributed by atoms with E-state index >= 15 is 0 Å². The predicted octanol–water partition coefficient (Wildman–Crippen LogP) is 3.48. The highest BCUT2D eigenvalue weighted by Gasteiger charge is 2.31. The highest BCUT2D eigenvalue weighted by atomic mass is 32.1. The zero-order valence-electron chi connectivity index (χ0n) is 14.6. The Labute approximate surface area is 150 Å². The third kappa shape index (κ3) is 3.58. The molecule has 5 nitrogen and oxygen atoms in total. The van der Waals surface area contributed by atoms with E-state index in [-0.39, 0.29) is 17.9 Å². The van der Waals surface area contributed by atoms with Crippen LogP contribution in [0.1, 0.15) is 50.2 Å². The van der Waals surface area contributed by atoms with Crippen molar-refractivity contribution >= 4 is 43.2 Å². The van der Waals surface area contributed by atoms with Crippen molar-refractivity contribution in [2.75, 3.05) is 18.0 Å². The van der Waals surface area contributed by atoms with Crippen molar-refractivity contribution in [3.05, 3.63) is 10.9 Å². The molecule has 1 aliphatic rings. The Bertz CT molecular complexity index is 692. The van der Waals surface area contributed by atoms with Gasteiger partial charge < -0.3 is 15.3 Å². The van der Waals surface area contributed by atoms with Crippen LogP contribution in [-0.2, 0) is 0 Å². The van der Waals surface area contributed by atoms with Crippen molar-refractivity contribution in [3.63, 3.8) is 0 Å². The van der Waals surface area contributed by atoms with Crippen LogP contribution in [0.5, 0.6) is 0 Å². The highest BCUT2D eigenvalue weighted by molar-refractivity contribution is 7.29. The average molecular weight is 368 g/mol. The minimum absolute atomic E-state index is 0.131. The smallest absolute Gasteiger partial charge is 0.261 e. The van der Waals surface area contributed by atoms with Crippen LogP contribution in [0.3, 0.4) is 0 Å². The van der Waals surface area contributed by atoms with E-state index in [0.717, 1.165) is 27.8 Å². The lowest BCUT2D eigenvalue weighted by Crippen LogP contribution is -2.52. The number of aliphatic hydroxyl groups is 1. The molecule has 0 radical (unpaired) electrons. The predicted molar refractivity (Wildman–Crippen MR) is 101 cm³/mol. The number of carbonyl (C=O) groups excluding carboxylic acids is 1. The summed E-state index contributed by atoms with van der Waals surface area (Å²) in [7, 11) is 0. The fraction of sp³-hybridized carbons (Fsp3) is 0.647. The molecule has 0 saturated carbocycles. The van der Waals surface area contributed by atoms with Crippen LogP contribution in [0.4, 0.5) is 5.13 Å². The Morgan fingerprint density at radius 2 is 2.00 bits per heavy atom. The van der Waals surface area contributed by atoms with Gasteiger partial charge in [-0.3, -0.25) is 4.79 Å². The summed E-state index contributed by atoms with van der Waals surface area (Å²) in [5.74, 6) is 0.0173. The molecule has 1 saturated heterocycles. The molecule has 0 spiro atoms. The van der Waals surface area contributed by atoms with Gasteiger partial charge in [-0.1, -0.05) is 25.2 Å². The van der Waals surface area contributed by atoms with Gasteiger partial charge in [-0.2, -0.15) is 0 Å². The summed E-state index contributed by atoms with van der Waals surface area (Å²) in [4.78, 5) is 21.2. The van der Waals surface area contributed by atoms with Crippen molar-refractivity contribution in [2.45, 2.75) is 52.2 Å². The number of amides is 1. The molecule has 2 aromatic heterocycles. The van der Waals surface area contributed by atoms with Crippen molar-refractivity contribution < 1.29 is 9.90 Å². The number of thiazole rings is 1. The van der Waals surface area contributed by atoms with Crippen LogP contribution in [0.15, 0.2) is 6.07 Å². The Morgan fingerprint density at radius 1 is 1.33 bits per heavy atom. The van der Waals surface area contributed by atoms with Gasteiger partial charge in [0.25, 0.3) is 5.91 Å². The molecule has 2 N–H and O–H groups in total. The lowest BCUT2D eigenvalue weighted by Gasteiger charge is -2.33. The molecule has 3 rings (SSSR count). The van der Waals surface area contributed by atoms with Crippen molar-refractivity contribution in [2.24, 2.45) is 5.92 Å². The largest absolute Gasteiger partial charge is 0.388 e. The normalized spacial score (nSPS) is 17.0.